The second-order valence-corrected chi connectivity index (χ2v) is 5.02. The average molecular weight is 373 g/mol. The van der Waals surface area contributed by atoms with E-state index in [-0.39, 0.29) is 34.5 Å². The lowest BCUT2D eigenvalue weighted by molar-refractivity contribution is -0.384. The number of ether oxygens (including phenoxy) is 2. The number of nitro benzene ring substituents is 1. The number of carbonyl (C=O) groups is 1. The van der Waals surface area contributed by atoms with Crippen molar-refractivity contribution in [1.29, 1.82) is 0 Å². The van der Waals surface area contributed by atoms with Gasteiger partial charge in [-0.25, -0.2) is 0 Å². The minimum Gasteiger partial charge on any atom is -0.484 e. The van der Waals surface area contributed by atoms with Crippen LogP contribution in [0.3, 0.4) is 0 Å². The Bertz CT molecular complexity index is 771. The Morgan fingerprint density at radius 1 is 1.24 bits per heavy atom. The third-order valence-electron chi connectivity index (χ3n) is 2.85. The summed E-state index contributed by atoms with van der Waals surface area (Å²) in [5, 5.41) is 12.9. The monoisotopic (exact) mass is 372 g/mol. The van der Waals surface area contributed by atoms with E-state index in [0.717, 1.165) is 0 Å². The number of nitrogens with zero attached hydrogens (tertiary/aromatic N) is 1. The summed E-state index contributed by atoms with van der Waals surface area (Å²) in [4.78, 5) is 21.8. The van der Waals surface area contributed by atoms with Crippen LogP contribution in [-0.2, 0) is 4.79 Å². The molecule has 0 aliphatic heterocycles. The van der Waals surface area contributed by atoms with Gasteiger partial charge in [-0.05, 0) is 30.3 Å². The maximum atomic E-state index is 12.1. The summed E-state index contributed by atoms with van der Waals surface area (Å²) in [5.41, 5.74) is 0.168. The summed E-state index contributed by atoms with van der Waals surface area (Å²) in [6.07, 6.45) is 0. The predicted octanol–water partition coefficient (Wildman–Crippen LogP) is 3.87. The number of hydrogen-bond donors (Lipinski definition) is 1. The summed E-state index contributed by atoms with van der Waals surface area (Å²) in [5.74, 6) is -0.465. The number of amides is 1. The van der Waals surface area contributed by atoms with Crippen LogP contribution >= 0.6 is 11.6 Å². The topological polar surface area (TPSA) is 90.7 Å². The number of rotatable bonds is 7. The molecule has 10 heteroatoms. The Labute approximate surface area is 145 Å². The summed E-state index contributed by atoms with van der Waals surface area (Å²) in [6.45, 7) is -3.36. The first-order chi connectivity index (χ1) is 11.8. The van der Waals surface area contributed by atoms with Crippen molar-refractivity contribution in [2.75, 3.05) is 11.9 Å². The molecular formula is C15H11ClF2N2O5. The number of non-ortho nitro benzene ring substituents is 1. The number of carbonyl (C=O) groups excluding carboxylic acids is 1. The molecule has 0 saturated carbocycles. The van der Waals surface area contributed by atoms with Gasteiger partial charge in [-0.3, -0.25) is 14.9 Å². The van der Waals surface area contributed by atoms with Gasteiger partial charge in [-0.2, -0.15) is 8.78 Å². The zero-order valence-electron chi connectivity index (χ0n) is 12.4. The van der Waals surface area contributed by atoms with E-state index in [0.29, 0.717) is 0 Å². The zero-order valence-corrected chi connectivity index (χ0v) is 13.2. The van der Waals surface area contributed by atoms with Gasteiger partial charge in [0.15, 0.2) is 6.61 Å². The van der Waals surface area contributed by atoms with E-state index in [4.69, 9.17) is 16.3 Å². The highest BCUT2D eigenvalue weighted by Gasteiger charge is 2.11. The Morgan fingerprint density at radius 3 is 2.48 bits per heavy atom. The van der Waals surface area contributed by atoms with Crippen LogP contribution in [0.5, 0.6) is 11.5 Å². The van der Waals surface area contributed by atoms with Crippen molar-refractivity contribution in [3.63, 3.8) is 0 Å². The fourth-order valence-electron chi connectivity index (χ4n) is 1.78. The minimum absolute atomic E-state index is 0.0885. The molecule has 2 aromatic rings. The molecule has 25 heavy (non-hydrogen) atoms. The third kappa shape index (κ3) is 5.57. The van der Waals surface area contributed by atoms with Crippen LogP contribution in [0, 0.1) is 10.1 Å². The Morgan fingerprint density at radius 2 is 1.92 bits per heavy atom. The summed E-state index contributed by atoms with van der Waals surface area (Å²) in [7, 11) is 0. The number of alkyl halides is 2. The molecule has 0 unspecified atom stereocenters. The largest absolute Gasteiger partial charge is 0.484 e. The van der Waals surface area contributed by atoms with Crippen molar-refractivity contribution in [3.8, 4) is 11.5 Å². The Hall–Kier alpha value is -2.94. The van der Waals surface area contributed by atoms with Gasteiger partial charge < -0.3 is 14.8 Å². The number of halogens is 3. The van der Waals surface area contributed by atoms with Crippen molar-refractivity contribution < 1.29 is 28.0 Å². The molecule has 0 bridgehead atoms. The summed E-state index contributed by atoms with van der Waals surface area (Å²) >= 11 is 5.77. The molecule has 2 aromatic carbocycles. The molecule has 1 N–H and O–H groups in total. The lowest BCUT2D eigenvalue weighted by Crippen LogP contribution is -2.20. The zero-order chi connectivity index (χ0) is 18.4. The quantitative estimate of drug-likeness (QED) is 0.588. The van der Waals surface area contributed by atoms with Crippen LogP contribution in [0.2, 0.25) is 5.02 Å². The molecule has 7 nitrogen and oxygen atoms in total. The predicted molar refractivity (Wildman–Crippen MR) is 85.3 cm³/mol. The Kier molecular flexibility index (Phi) is 6.07. The van der Waals surface area contributed by atoms with Gasteiger partial charge in [0.1, 0.15) is 11.5 Å². The van der Waals surface area contributed by atoms with Gasteiger partial charge in [0.25, 0.3) is 11.6 Å². The van der Waals surface area contributed by atoms with Gasteiger partial charge >= 0.3 is 6.61 Å². The second-order valence-electron chi connectivity index (χ2n) is 4.61. The Balaban J connectivity index is 1.89. The van der Waals surface area contributed by atoms with E-state index < -0.39 is 17.4 Å². The molecule has 0 aromatic heterocycles. The number of benzene rings is 2. The van der Waals surface area contributed by atoms with Crippen molar-refractivity contribution in [3.05, 3.63) is 57.6 Å². The van der Waals surface area contributed by atoms with E-state index in [9.17, 15) is 23.7 Å². The van der Waals surface area contributed by atoms with Crippen LogP contribution in [0.25, 0.3) is 0 Å². The molecule has 0 atom stereocenters. The van der Waals surface area contributed by atoms with Crippen LogP contribution in [-0.4, -0.2) is 24.0 Å². The fourth-order valence-corrected chi connectivity index (χ4v) is 2.01. The highest BCUT2D eigenvalue weighted by atomic mass is 35.5. The van der Waals surface area contributed by atoms with Gasteiger partial charge in [-0.1, -0.05) is 11.6 Å². The minimum atomic E-state index is -3.01. The molecule has 2 rings (SSSR count). The number of anilines is 1. The van der Waals surface area contributed by atoms with Gasteiger partial charge in [0, 0.05) is 17.8 Å². The normalized spacial score (nSPS) is 10.4. The van der Waals surface area contributed by atoms with E-state index in [2.05, 4.69) is 10.1 Å². The lowest BCUT2D eigenvalue weighted by atomic mass is 10.3. The molecule has 0 aliphatic carbocycles. The van der Waals surface area contributed by atoms with E-state index in [1.165, 1.54) is 42.5 Å². The van der Waals surface area contributed by atoms with Crippen LogP contribution in [0.4, 0.5) is 20.2 Å². The van der Waals surface area contributed by atoms with Gasteiger partial charge in [0.2, 0.25) is 0 Å². The van der Waals surface area contributed by atoms with Crippen LogP contribution in [0.15, 0.2) is 42.5 Å². The standard InChI is InChI=1S/C15H11ClF2N2O5/c16-12-7-9(1-6-13(12)25-15(17)18)19-14(21)8-24-11-4-2-10(3-5-11)20(22)23/h1-7,15H,8H2,(H,19,21). The summed E-state index contributed by atoms with van der Waals surface area (Å²) in [6, 6.07) is 9.00. The fraction of sp³-hybridized carbons (Fsp3) is 0.133. The molecule has 1 amide bonds. The third-order valence-corrected chi connectivity index (χ3v) is 3.14. The van der Waals surface area contributed by atoms with Crippen molar-refractivity contribution in [1.82, 2.24) is 0 Å². The van der Waals surface area contributed by atoms with Crippen molar-refractivity contribution >= 4 is 28.9 Å². The smallest absolute Gasteiger partial charge is 0.387 e. The molecule has 132 valence electrons. The first kappa shape index (κ1) is 18.4. The molecular weight excluding hydrogens is 362 g/mol. The van der Waals surface area contributed by atoms with Crippen molar-refractivity contribution in [2.24, 2.45) is 0 Å². The van der Waals surface area contributed by atoms with E-state index in [1.54, 1.807) is 0 Å². The number of hydrogen-bond acceptors (Lipinski definition) is 5. The number of nitro groups is 1. The highest BCUT2D eigenvalue weighted by Crippen LogP contribution is 2.29. The van der Waals surface area contributed by atoms with E-state index >= 15 is 0 Å². The molecule has 0 spiro atoms. The second kappa shape index (κ2) is 8.25. The molecule has 0 aliphatic rings. The number of nitrogens with one attached hydrogen (secondary N) is 1. The van der Waals surface area contributed by atoms with Crippen molar-refractivity contribution in [2.45, 2.75) is 6.61 Å². The summed E-state index contributed by atoms with van der Waals surface area (Å²) < 4.78 is 33.7. The maximum absolute atomic E-state index is 12.1. The first-order valence-corrected chi connectivity index (χ1v) is 7.14. The molecule has 0 fully saturated rings. The van der Waals surface area contributed by atoms with Gasteiger partial charge in [-0.15, -0.1) is 0 Å². The van der Waals surface area contributed by atoms with E-state index in [1.807, 2.05) is 0 Å². The lowest BCUT2D eigenvalue weighted by Gasteiger charge is -2.10. The van der Waals surface area contributed by atoms with Crippen LogP contribution in [0.1, 0.15) is 0 Å². The van der Waals surface area contributed by atoms with Gasteiger partial charge in [0.05, 0.1) is 9.95 Å². The van der Waals surface area contributed by atoms with Crippen LogP contribution < -0.4 is 14.8 Å². The highest BCUT2D eigenvalue weighted by molar-refractivity contribution is 6.32. The first-order valence-electron chi connectivity index (χ1n) is 6.76. The molecule has 0 saturated heterocycles. The molecule has 0 heterocycles. The average Bonchev–Trinajstić information content (AvgIpc) is 2.55. The SMILES string of the molecule is O=C(COc1ccc([N+](=O)[O-])cc1)Nc1ccc(OC(F)F)c(Cl)c1. The molecule has 0 radical (unpaired) electrons. The maximum Gasteiger partial charge on any atom is 0.387 e.